The van der Waals surface area contributed by atoms with Crippen LogP contribution in [0.5, 0.6) is 0 Å². The molecule has 23 heavy (non-hydrogen) atoms. The van der Waals surface area contributed by atoms with Crippen molar-refractivity contribution >= 4 is 23.5 Å². The number of hydrogen-bond donors (Lipinski definition) is 2. The Bertz CT molecular complexity index is 830. The average molecular weight is 326 g/mol. The molecule has 116 valence electrons. The molecule has 6 heteroatoms. The van der Waals surface area contributed by atoms with E-state index < -0.39 is 0 Å². The van der Waals surface area contributed by atoms with Gasteiger partial charge in [-0.2, -0.15) is 4.98 Å². The molecule has 0 amide bonds. The Labute approximate surface area is 139 Å². The van der Waals surface area contributed by atoms with Crippen molar-refractivity contribution in [2.45, 2.75) is 18.5 Å². The van der Waals surface area contributed by atoms with Crippen LogP contribution in [0.3, 0.4) is 0 Å². The van der Waals surface area contributed by atoms with Crippen LogP contribution >= 0.6 is 11.6 Å². The lowest BCUT2D eigenvalue weighted by Crippen LogP contribution is -2.28. The number of anilines is 2. The number of nitrogens with one attached hydrogen (secondary N) is 1. The van der Waals surface area contributed by atoms with Gasteiger partial charge in [0.15, 0.2) is 0 Å². The van der Waals surface area contributed by atoms with Gasteiger partial charge in [0.2, 0.25) is 11.9 Å². The summed E-state index contributed by atoms with van der Waals surface area (Å²) in [6.07, 6.45) is 0.823. The van der Waals surface area contributed by atoms with Crippen LogP contribution < -0.4 is 11.1 Å². The monoisotopic (exact) mass is 325 g/mol. The van der Waals surface area contributed by atoms with Crippen molar-refractivity contribution in [1.29, 1.82) is 0 Å². The third kappa shape index (κ3) is 2.53. The second-order valence-electron chi connectivity index (χ2n) is 5.62. The number of halogens is 1. The molecule has 4 rings (SSSR count). The van der Waals surface area contributed by atoms with Crippen LogP contribution in [-0.2, 0) is 0 Å². The van der Waals surface area contributed by atoms with Crippen LogP contribution in [0.1, 0.15) is 29.6 Å². The third-order valence-electron chi connectivity index (χ3n) is 4.17. The summed E-state index contributed by atoms with van der Waals surface area (Å²) >= 11 is 6.38. The van der Waals surface area contributed by atoms with Gasteiger partial charge in [0.1, 0.15) is 0 Å². The van der Waals surface area contributed by atoms with E-state index in [1.165, 1.54) is 5.56 Å². The van der Waals surface area contributed by atoms with E-state index in [1.807, 2.05) is 47.1 Å². The summed E-state index contributed by atoms with van der Waals surface area (Å²) in [7, 11) is 0. The van der Waals surface area contributed by atoms with Crippen LogP contribution in [-0.4, -0.2) is 14.8 Å². The van der Waals surface area contributed by atoms with Gasteiger partial charge in [-0.1, -0.05) is 60.1 Å². The summed E-state index contributed by atoms with van der Waals surface area (Å²) in [5.74, 6) is 0.945. The highest BCUT2D eigenvalue weighted by atomic mass is 35.5. The molecule has 2 heterocycles. The average Bonchev–Trinajstić information content (AvgIpc) is 2.95. The summed E-state index contributed by atoms with van der Waals surface area (Å²) in [4.78, 5) is 4.31. The molecule has 3 N–H and O–H groups in total. The van der Waals surface area contributed by atoms with E-state index in [4.69, 9.17) is 17.3 Å². The van der Waals surface area contributed by atoms with Crippen molar-refractivity contribution in [3.05, 3.63) is 70.7 Å². The molecule has 0 bridgehead atoms. The molecule has 2 unspecified atom stereocenters. The van der Waals surface area contributed by atoms with Gasteiger partial charge in [0.25, 0.3) is 0 Å². The number of aromatic nitrogens is 3. The first kappa shape index (κ1) is 14.1. The Hall–Kier alpha value is -2.53. The van der Waals surface area contributed by atoms with Crippen LogP contribution in [0, 0.1) is 0 Å². The summed E-state index contributed by atoms with van der Waals surface area (Å²) in [6.45, 7) is 0. The van der Waals surface area contributed by atoms with Gasteiger partial charge in [-0.15, -0.1) is 5.10 Å². The third-order valence-corrected chi connectivity index (χ3v) is 4.51. The minimum Gasteiger partial charge on any atom is -0.366 e. The van der Waals surface area contributed by atoms with Crippen molar-refractivity contribution in [1.82, 2.24) is 14.8 Å². The number of nitrogen functional groups attached to an aromatic ring is 1. The summed E-state index contributed by atoms with van der Waals surface area (Å²) in [5, 5.41) is 8.49. The van der Waals surface area contributed by atoms with Gasteiger partial charge >= 0.3 is 0 Å². The second kappa shape index (κ2) is 5.59. The van der Waals surface area contributed by atoms with Gasteiger partial charge < -0.3 is 11.1 Å². The number of benzene rings is 2. The Morgan fingerprint density at radius 2 is 1.83 bits per heavy atom. The molecule has 0 fully saturated rings. The molecule has 2 atom stereocenters. The maximum Gasteiger partial charge on any atom is 0.241 e. The first-order chi connectivity index (χ1) is 11.2. The van der Waals surface area contributed by atoms with Crippen LogP contribution in [0.2, 0.25) is 5.02 Å². The molecule has 0 saturated carbocycles. The second-order valence-corrected chi connectivity index (χ2v) is 6.03. The molecule has 0 aliphatic carbocycles. The molecule has 5 nitrogen and oxygen atoms in total. The summed E-state index contributed by atoms with van der Waals surface area (Å²) in [6, 6.07) is 18.3. The topological polar surface area (TPSA) is 68.8 Å². The minimum absolute atomic E-state index is 0.0602. The molecule has 1 aliphatic heterocycles. The first-order valence-electron chi connectivity index (χ1n) is 7.50. The number of nitrogens with zero attached hydrogens (tertiary/aromatic N) is 3. The first-order valence-corrected chi connectivity index (χ1v) is 7.88. The van der Waals surface area contributed by atoms with E-state index in [0.717, 1.165) is 17.0 Å². The predicted octanol–water partition coefficient (Wildman–Crippen LogP) is 3.66. The summed E-state index contributed by atoms with van der Waals surface area (Å²) < 4.78 is 1.86. The van der Waals surface area contributed by atoms with E-state index in [2.05, 4.69) is 27.5 Å². The number of fused-ring (bicyclic) bond motifs is 1. The molecule has 0 radical (unpaired) electrons. The Morgan fingerprint density at radius 1 is 1.09 bits per heavy atom. The van der Waals surface area contributed by atoms with Crippen molar-refractivity contribution in [2.75, 3.05) is 11.1 Å². The fraction of sp³-hybridized carbons (Fsp3) is 0.176. The number of hydrogen-bond acceptors (Lipinski definition) is 4. The minimum atomic E-state index is 0.0602. The molecule has 2 aromatic carbocycles. The summed E-state index contributed by atoms with van der Waals surface area (Å²) in [5.41, 5.74) is 8.04. The standard InChI is InChI=1S/C17H16ClN5/c18-13-9-5-4-8-12(13)14-10-15(11-6-2-1-3-7-11)23-17(20-14)21-16(19)22-23/h1-9,14-15H,10H2,(H3,19,20,21,22). The highest BCUT2D eigenvalue weighted by Crippen LogP contribution is 2.39. The number of nitrogens with two attached hydrogens (primary N) is 1. The largest absolute Gasteiger partial charge is 0.366 e. The lowest BCUT2D eigenvalue weighted by Gasteiger charge is -2.32. The van der Waals surface area contributed by atoms with E-state index in [-0.39, 0.29) is 18.0 Å². The molecule has 0 saturated heterocycles. The molecular weight excluding hydrogens is 310 g/mol. The predicted molar refractivity (Wildman–Crippen MR) is 91.4 cm³/mol. The Kier molecular flexibility index (Phi) is 3.42. The zero-order valence-electron chi connectivity index (χ0n) is 12.4. The highest BCUT2D eigenvalue weighted by Gasteiger charge is 2.31. The van der Waals surface area contributed by atoms with Crippen LogP contribution in [0.15, 0.2) is 54.6 Å². The van der Waals surface area contributed by atoms with E-state index >= 15 is 0 Å². The quantitative estimate of drug-likeness (QED) is 0.754. The molecular formula is C17H16ClN5. The molecule has 1 aromatic heterocycles. The van der Waals surface area contributed by atoms with E-state index in [0.29, 0.717) is 5.95 Å². The van der Waals surface area contributed by atoms with Gasteiger partial charge in [-0.3, -0.25) is 0 Å². The molecule has 3 aromatic rings. The zero-order chi connectivity index (χ0) is 15.8. The van der Waals surface area contributed by atoms with Gasteiger partial charge in [0, 0.05) is 5.02 Å². The highest BCUT2D eigenvalue weighted by molar-refractivity contribution is 6.31. The number of rotatable bonds is 2. The fourth-order valence-corrected chi connectivity index (χ4v) is 3.38. The maximum absolute atomic E-state index is 6.38. The SMILES string of the molecule is Nc1nc2n(n1)C(c1ccccc1)CC(c1ccccc1Cl)N2. The van der Waals surface area contributed by atoms with E-state index in [1.54, 1.807) is 0 Å². The van der Waals surface area contributed by atoms with Crippen molar-refractivity contribution in [3.8, 4) is 0 Å². The maximum atomic E-state index is 6.38. The van der Waals surface area contributed by atoms with Crippen molar-refractivity contribution < 1.29 is 0 Å². The lowest BCUT2D eigenvalue weighted by atomic mass is 9.93. The Morgan fingerprint density at radius 3 is 2.61 bits per heavy atom. The van der Waals surface area contributed by atoms with Crippen LogP contribution in [0.25, 0.3) is 0 Å². The zero-order valence-corrected chi connectivity index (χ0v) is 13.1. The van der Waals surface area contributed by atoms with Gasteiger partial charge in [0.05, 0.1) is 12.1 Å². The van der Waals surface area contributed by atoms with E-state index in [9.17, 15) is 0 Å². The lowest BCUT2D eigenvalue weighted by molar-refractivity contribution is 0.431. The normalized spacial score (nSPS) is 19.9. The molecule has 0 spiro atoms. The van der Waals surface area contributed by atoms with Crippen LogP contribution in [0.4, 0.5) is 11.9 Å². The van der Waals surface area contributed by atoms with Gasteiger partial charge in [-0.25, -0.2) is 4.68 Å². The smallest absolute Gasteiger partial charge is 0.241 e. The van der Waals surface area contributed by atoms with Crippen molar-refractivity contribution in [3.63, 3.8) is 0 Å². The Balaban J connectivity index is 1.79. The van der Waals surface area contributed by atoms with Gasteiger partial charge in [-0.05, 0) is 23.6 Å². The fourth-order valence-electron chi connectivity index (χ4n) is 3.11. The van der Waals surface area contributed by atoms with Crippen molar-refractivity contribution in [2.24, 2.45) is 0 Å². The molecule has 1 aliphatic rings.